The third-order valence-electron chi connectivity index (χ3n) is 8.61. The molecule has 3 aliphatic rings. The van der Waals surface area contributed by atoms with E-state index in [2.05, 4.69) is 0 Å². The molecular weight excluding hydrogens is 541 g/mol. The summed E-state index contributed by atoms with van der Waals surface area (Å²) in [6.45, 7) is 1.96. The second-order valence-electron chi connectivity index (χ2n) is 10.7. The Morgan fingerprint density at radius 2 is 1.48 bits per heavy atom. The number of benzene rings is 4. The first kappa shape index (κ1) is 25.0. The molecule has 4 aromatic rings. The molecule has 6 heteroatoms. The van der Waals surface area contributed by atoms with E-state index in [0.717, 1.165) is 16.8 Å². The Kier molecular flexibility index (Phi) is 5.64. The Hall–Kier alpha value is -3.99. The molecule has 0 N–H and O–H groups in total. The van der Waals surface area contributed by atoms with Crippen molar-refractivity contribution in [3.05, 3.63) is 140 Å². The van der Waals surface area contributed by atoms with E-state index in [4.69, 9.17) is 23.2 Å². The molecule has 0 amide bonds. The van der Waals surface area contributed by atoms with Gasteiger partial charge in [0.2, 0.25) is 0 Å². The number of hydrogen-bond donors (Lipinski definition) is 0. The van der Waals surface area contributed by atoms with Crippen LogP contribution < -0.4 is 4.90 Å². The molecule has 3 atom stereocenters. The van der Waals surface area contributed by atoms with Gasteiger partial charge in [-0.2, -0.15) is 0 Å². The van der Waals surface area contributed by atoms with Crippen molar-refractivity contribution in [3.63, 3.8) is 0 Å². The maximum Gasteiger partial charge on any atom is 0.185 e. The van der Waals surface area contributed by atoms with E-state index in [0.29, 0.717) is 32.3 Å². The van der Waals surface area contributed by atoms with Gasteiger partial charge in [0, 0.05) is 38.3 Å². The molecule has 1 spiro atoms. The highest BCUT2D eigenvalue weighted by Crippen LogP contribution is 2.61. The Balaban J connectivity index is 1.56. The molecule has 196 valence electrons. The van der Waals surface area contributed by atoms with Crippen LogP contribution in [0.4, 0.5) is 5.69 Å². The van der Waals surface area contributed by atoms with Crippen molar-refractivity contribution in [2.24, 2.45) is 5.41 Å². The molecule has 40 heavy (non-hydrogen) atoms. The quantitative estimate of drug-likeness (QED) is 0.190. The lowest BCUT2D eigenvalue weighted by atomic mass is 9.64. The van der Waals surface area contributed by atoms with Gasteiger partial charge in [0.15, 0.2) is 17.3 Å². The monoisotopic (exact) mass is 563 g/mol. The predicted molar refractivity (Wildman–Crippen MR) is 158 cm³/mol. The number of ketones is 3. The number of carbonyl (C=O) groups excluding carboxylic acids is 3. The second-order valence-corrected chi connectivity index (χ2v) is 11.5. The van der Waals surface area contributed by atoms with Crippen LogP contribution in [0.3, 0.4) is 0 Å². The first-order chi connectivity index (χ1) is 19.3. The lowest BCUT2D eigenvalue weighted by Crippen LogP contribution is -2.48. The lowest BCUT2D eigenvalue weighted by Gasteiger charge is -2.37. The summed E-state index contributed by atoms with van der Waals surface area (Å²) in [6, 6.07) is 25.4. The smallest absolute Gasteiger partial charge is 0.185 e. The number of Topliss-reactive ketones (excluding diaryl/α,β-unsaturated/α-hetero) is 3. The molecular formula is C34H23Cl2NO3. The number of hydrogen-bond acceptors (Lipinski definition) is 4. The van der Waals surface area contributed by atoms with Gasteiger partial charge >= 0.3 is 0 Å². The van der Waals surface area contributed by atoms with E-state index in [-0.39, 0.29) is 17.3 Å². The zero-order valence-electron chi connectivity index (χ0n) is 21.5. The summed E-state index contributed by atoms with van der Waals surface area (Å²) in [5.41, 5.74) is 2.85. The predicted octanol–water partition coefficient (Wildman–Crippen LogP) is 7.62. The largest absolute Gasteiger partial charge is 0.352 e. The van der Waals surface area contributed by atoms with Crippen LogP contribution in [0, 0.1) is 12.3 Å². The molecule has 2 heterocycles. The fraction of sp³-hybridized carbons (Fsp3) is 0.147. The molecule has 4 nitrogen and oxygen atoms in total. The van der Waals surface area contributed by atoms with Gasteiger partial charge in [-0.25, -0.2) is 0 Å². The van der Waals surface area contributed by atoms with Crippen LogP contribution in [0.25, 0.3) is 6.08 Å². The van der Waals surface area contributed by atoms with Gasteiger partial charge in [-0.1, -0.05) is 108 Å². The van der Waals surface area contributed by atoms with E-state index >= 15 is 0 Å². The number of fused-ring (bicyclic) bond motifs is 5. The zero-order chi connectivity index (χ0) is 27.8. The Bertz CT molecular complexity index is 1740. The van der Waals surface area contributed by atoms with Crippen molar-refractivity contribution in [1.82, 2.24) is 0 Å². The van der Waals surface area contributed by atoms with E-state index in [1.165, 1.54) is 0 Å². The van der Waals surface area contributed by atoms with Gasteiger partial charge < -0.3 is 4.90 Å². The maximum atomic E-state index is 14.7. The normalized spacial score (nSPS) is 21.9. The van der Waals surface area contributed by atoms with Crippen molar-refractivity contribution >= 4 is 52.3 Å². The van der Waals surface area contributed by atoms with Gasteiger partial charge in [-0.05, 0) is 42.3 Å². The van der Waals surface area contributed by atoms with Crippen LogP contribution in [0.1, 0.15) is 53.7 Å². The van der Waals surface area contributed by atoms with Crippen molar-refractivity contribution in [3.8, 4) is 0 Å². The molecule has 0 radical (unpaired) electrons. The van der Waals surface area contributed by atoms with Crippen LogP contribution in [-0.2, 0) is 0 Å². The van der Waals surface area contributed by atoms with Gasteiger partial charge in [0.1, 0.15) is 11.5 Å². The third-order valence-corrected chi connectivity index (χ3v) is 9.19. The van der Waals surface area contributed by atoms with Crippen LogP contribution in [0.5, 0.6) is 0 Å². The fourth-order valence-corrected chi connectivity index (χ4v) is 7.34. The van der Waals surface area contributed by atoms with Gasteiger partial charge in [0.05, 0.1) is 6.04 Å². The highest BCUT2D eigenvalue weighted by Gasteiger charge is 2.71. The first-order valence-corrected chi connectivity index (χ1v) is 13.9. The molecule has 0 aromatic heterocycles. The third kappa shape index (κ3) is 3.30. The lowest BCUT2D eigenvalue weighted by molar-refractivity contribution is 0.0666. The molecule has 1 fully saturated rings. The summed E-state index contributed by atoms with van der Waals surface area (Å²) in [7, 11) is 0. The number of halogens is 2. The van der Waals surface area contributed by atoms with E-state index in [9.17, 15) is 14.4 Å². The van der Waals surface area contributed by atoms with E-state index < -0.39 is 23.4 Å². The van der Waals surface area contributed by atoms with Crippen molar-refractivity contribution < 1.29 is 14.4 Å². The van der Waals surface area contributed by atoms with Crippen molar-refractivity contribution in [1.29, 1.82) is 0 Å². The molecule has 7 rings (SSSR count). The Morgan fingerprint density at radius 3 is 2.15 bits per heavy atom. The standard InChI is InChI=1S/C34H23Cl2NO3/c1-19-10-12-20(13-11-19)31(38)30-29(25-8-4-5-9-26(25)36)34(32(39)23-6-2-3-7-24(23)33(34)40)28-17-14-21-18-22(35)15-16-27(21)37(28)30/h2-18,28-30H,1H3. The second kappa shape index (κ2) is 9.02. The Labute approximate surface area is 241 Å². The van der Waals surface area contributed by atoms with E-state index in [1.807, 2.05) is 66.4 Å². The molecule has 3 unspecified atom stereocenters. The molecule has 4 aromatic carbocycles. The zero-order valence-corrected chi connectivity index (χ0v) is 23.0. The minimum absolute atomic E-state index is 0.181. The molecule has 0 bridgehead atoms. The molecule has 1 aliphatic carbocycles. The van der Waals surface area contributed by atoms with Crippen molar-refractivity contribution in [2.45, 2.75) is 24.9 Å². The van der Waals surface area contributed by atoms with Gasteiger partial charge in [0.25, 0.3) is 0 Å². The summed E-state index contributed by atoms with van der Waals surface area (Å²) in [5, 5.41) is 0.963. The SMILES string of the molecule is Cc1ccc(C(=O)C2C(c3ccccc3Cl)C3(C(=O)c4ccccc4C3=O)C3C=Cc4cc(Cl)ccc4N23)cc1. The molecule has 1 saturated heterocycles. The van der Waals surface area contributed by atoms with Crippen LogP contribution in [0.15, 0.2) is 97.1 Å². The number of aryl methyl sites for hydroxylation is 1. The van der Waals surface area contributed by atoms with Crippen LogP contribution in [0.2, 0.25) is 10.0 Å². The molecule has 2 aliphatic heterocycles. The maximum absolute atomic E-state index is 14.7. The fourth-order valence-electron chi connectivity index (χ4n) is 6.91. The Morgan fingerprint density at radius 1 is 0.825 bits per heavy atom. The number of anilines is 1. The summed E-state index contributed by atoms with van der Waals surface area (Å²) in [4.78, 5) is 45.9. The number of carbonyl (C=O) groups is 3. The van der Waals surface area contributed by atoms with Gasteiger partial charge in [-0.15, -0.1) is 0 Å². The highest BCUT2D eigenvalue weighted by atomic mass is 35.5. The summed E-state index contributed by atoms with van der Waals surface area (Å²) in [5.74, 6) is -1.60. The van der Waals surface area contributed by atoms with Gasteiger partial charge in [-0.3, -0.25) is 14.4 Å². The minimum atomic E-state index is -1.59. The number of rotatable bonds is 3. The topological polar surface area (TPSA) is 54.5 Å². The molecule has 0 saturated carbocycles. The minimum Gasteiger partial charge on any atom is -0.352 e. The summed E-state index contributed by atoms with van der Waals surface area (Å²) >= 11 is 13.2. The first-order valence-electron chi connectivity index (χ1n) is 13.1. The van der Waals surface area contributed by atoms with Crippen molar-refractivity contribution in [2.75, 3.05) is 4.90 Å². The number of nitrogens with zero attached hydrogens (tertiary/aromatic N) is 1. The van der Waals surface area contributed by atoms with Crippen LogP contribution >= 0.6 is 23.2 Å². The average Bonchev–Trinajstić information content (AvgIpc) is 3.39. The summed E-state index contributed by atoms with van der Waals surface area (Å²) in [6.07, 6.45) is 3.78. The highest BCUT2D eigenvalue weighted by molar-refractivity contribution is 6.34. The average molecular weight is 564 g/mol. The van der Waals surface area contributed by atoms with E-state index in [1.54, 1.807) is 48.5 Å². The summed E-state index contributed by atoms with van der Waals surface area (Å²) < 4.78 is 0. The van der Waals surface area contributed by atoms with Crippen LogP contribution in [-0.4, -0.2) is 29.4 Å².